The standard InChI is InChI=1S/C24H24BrN5O4/c1-2-10-33-22-9-8-19(25)11-18(22)13-28-30-23(31)21(12-20-14-26-16-27-20)29-24(32)34-15-17-6-4-3-5-7-17/h2-9,11,13-14,16,21H,1,10,12,15H2,(H,26,27)(H,29,32)(H,30,31)/b28-13-/t21-/m0/s1. The number of alkyl carbamates (subject to hydrolysis) is 1. The van der Waals surface area contributed by atoms with E-state index in [-0.39, 0.29) is 13.0 Å². The van der Waals surface area contributed by atoms with Crippen LogP contribution in [0.15, 0.2) is 83.3 Å². The molecule has 10 heteroatoms. The highest BCUT2D eigenvalue weighted by Crippen LogP contribution is 2.21. The fourth-order valence-electron chi connectivity index (χ4n) is 2.88. The van der Waals surface area contributed by atoms with Crippen LogP contribution in [0, 0.1) is 0 Å². The predicted octanol–water partition coefficient (Wildman–Crippen LogP) is 3.72. The predicted molar refractivity (Wildman–Crippen MR) is 131 cm³/mol. The van der Waals surface area contributed by atoms with Gasteiger partial charge in [-0.05, 0) is 23.8 Å². The zero-order valence-electron chi connectivity index (χ0n) is 18.2. The average Bonchev–Trinajstić information content (AvgIpc) is 3.35. The fourth-order valence-corrected chi connectivity index (χ4v) is 3.26. The van der Waals surface area contributed by atoms with Gasteiger partial charge in [-0.2, -0.15) is 5.10 Å². The Morgan fingerprint density at radius 3 is 2.79 bits per heavy atom. The SMILES string of the molecule is C=CCOc1ccc(Br)cc1/C=N\NC(=O)[C@H](Cc1cnc[nH]1)NC(=O)OCc1ccccc1. The minimum absolute atomic E-state index is 0.0829. The van der Waals surface area contributed by atoms with Crippen LogP contribution in [0.1, 0.15) is 16.8 Å². The molecular weight excluding hydrogens is 502 g/mol. The van der Waals surface area contributed by atoms with Crippen LogP contribution >= 0.6 is 15.9 Å². The van der Waals surface area contributed by atoms with E-state index in [1.807, 2.05) is 36.4 Å². The summed E-state index contributed by atoms with van der Waals surface area (Å²) >= 11 is 3.40. The number of H-pyrrole nitrogens is 1. The lowest BCUT2D eigenvalue weighted by Crippen LogP contribution is -2.47. The molecule has 0 bridgehead atoms. The Morgan fingerprint density at radius 2 is 2.06 bits per heavy atom. The molecule has 2 amide bonds. The molecule has 2 aromatic carbocycles. The molecule has 0 aliphatic carbocycles. The van der Waals surface area contributed by atoms with E-state index in [4.69, 9.17) is 9.47 Å². The van der Waals surface area contributed by atoms with Crippen molar-refractivity contribution in [1.82, 2.24) is 20.7 Å². The second kappa shape index (κ2) is 12.9. The first kappa shape index (κ1) is 24.7. The molecule has 0 aliphatic heterocycles. The lowest BCUT2D eigenvalue weighted by molar-refractivity contribution is -0.123. The molecule has 176 valence electrons. The molecule has 3 N–H and O–H groups in total. The molecule has 0 fully saturated rings. The molecule has 3 rings (SSSR count). The van der Waals surface area contributed by atoms with Crippen molar-refractivity contribution in [3.63, 3.8) is 0 Å². The zero-order valence-corrected chi connectivity index (χ0v) is 19.8. The van der Waals surface area contributed by atoms with E-state index in [2.05, 4.69) is 48.3 Å². The van der Waals surface area contributed by atoms with Gasteiger partial charge in [-0.1, -0.05) is 58.9 Å². The summed E-state index contributed by atoms with van der Waals surface area (Å²) in [6, 6.07) is 13.7. The molecule has 3 aromatic rings. The van der Waals surface area contributed by atoms with Crippen LogP contribution < -0.4 is 15.5 Å². The molecular formula is C24H24BrN5O4. The highest BCUT2D eigenvalue weighted by molar-refractivity contribution is 9.10. The van der Waals surface area contributed by atoms with E-state index in [1.54, 1.807) is 24.4 Å². The number of aromatic amines is 1. The monoisotopic (exact) mass is 525 g/mol. The first-order valence-electron chi connectivity index (χ1n) is 10.4. The van der Waals surface area contributed by atoms with E-state index in [9.17, 15) is 9.59 Å². The van der Waals surface area contributed by atoms with Crippen LogP contribution in [0.5, 0.6) is 5.75 Å². The first-order chi connectivity index (χ1) is 16.5. The number of nitrogens with one attached hydrogen (secondary N) is 3. The number of nitrogens with zero attached hydrogens (tertiary/aromatic N) is 2. The highest BCUT2D eigenvalue weighted by Gasteiger charge is 2.22. The van der Waals surface area contributed by atoms with Gasteiger partial charge in [0, 0.05) is 28.3 Å². The van der Waals surface area contributed by atoms with Crippen LogP contribution in [-0.4, -0.2) is 40.8 Å². The van der Waals surface area contributed by atoms with E-state index in [0.717, 1.165) is 10.0 Å². The number of rotatable bonds is 11. The summed E-state index contributed by atoms with van der Waals surface area (Å²) in [5.74, 6) is 0.0591. The Bertz CT molecular complexity index is 1120. The number of hydrazone groups is 1. The number of amides is 2. The molecule has 0 spiro atoms. The third-order valence-corrected chi connectivity index (χ3v) is 5.00. The van der Waals surface area contributed by atoms with Gasteiger partial charge < -0.3 is 19.8 Å². The summed E-state index contributed by atoms with van der Waals surface area (Å²) in [7, 11) is 0. The Hall–Kier alpha value is -3.92. The molecule has 0 radical (unpaired) electrons. The molecule has 0 saturated carbocycles. The zero-order chi connectivity index (χ0) is 24.2. The van der Waals surface area contributed by atoms with Crippen LogP contribution in [0.4, 0.5) is 4.79 Å². The smallest absolute Gasteiger partial charge is 0.408 e. The number of hydrogen-bond acceptors (Lipinski definition) is 6. The number of carbonyl (C=O) groups excluding carboxylic acids is 2. The Morgan fingerprint density at radius 1 is 1.24 bits per heavy atom. The van der Waals surface area contributed by atoms with Crippen molar-refractivity contribution in [2.45, 2.75) is 19.1 Å². The molecule has 0 saturated heterocycles. The normalized spacial score (nSPS) is 11.6. The van der Waals surface area contributed by atoms with Gasteiger partial charge >= 0.3 is 6.09 Å². The summed E-state index contributed by atoms with van der Waals surface area (Å²) in [5, 5.41) is 6.62. The third-order valence-electron chi connectivity index (χ3n) is 4.51. The van der Waals surface area contributed by atoms with Crippen molar-refractivity contribution >= 4 is 34.1 Å². The van der Waals surface area contributed by atoms with Gasteiger partial charge in [-0.25, -0.2) is 15.2 Å². The summed E-state index contributed by atoms with van der Waals surface area (Å²) in [4.78, 5) is 32.0. The quantitative estimate of drug-likeness (QED) is 0.200. The molecule has 9 nitrogen and oxygen atoms in total. The molecule has 1 aromatic heterocycles. The minimum Gasteiger partial charge on any atom is -0.489 e. The van der Waals surface area contributed by atoms with E-state index in [1.165, 1.54) is 12.5 Å². The van der Waals surface area contributed by atoms with Crippen molar-refractivity contribution in [1.29, 1.82) is 0 Å². The largest absolute Gasteiger partial charge is 0.489 e. The molecule has 1 atom stereocenters. The summed E-state index contributed by atoms with van der Waals surface area (Å²) < 4.78 is 11.7. The third kappa shape index (κ3) is 7.89. The van der Waals surface area contributed by atoms with Crippen LogP contribution in [0.3, 0.4) is 0 Å². The van der Waals surface area contributed by atoms with Crippen molar-refractivity contribution in [2.24, 2.45) is 5.10 Å². The maximum absolute atomic E-state index is 12.8. The molecule has 1 heterocycles. The number of halogens is 1. The van der Waals surface area contributed by atoms with E-state index < -0.39 is 18.0 Å². The molecule has 0 aliphatic rings. The number of carbonyl (C=O) groups is 2. The fraction of sp³-hybridized carbons (Fsp3) is 0.167. The van der Waals surface area contributed by atoms with Crippen molar-refractivity contribution < 1.29 is 19.1 Å². The maximum Gasteiger partial charge on any atom is 0.408 e. The Kier molecular flexibility index (Phi) is 9.41. The van der Waals surface area contributed by atoms with Gasteiger partial charge in [0.15, 0.2) is 0 Å². The summed E-state index contributed by atoms with van der Waals surface area (Å²) in [6.07, 6.45) is 5.61. The topological polar surface area (TPSA) is 118 Å². The van der Waals surface area contributed by atoms with Gasteiger partial charge in [-0.15, -0.1) is 0 Å². The first-order valence-corrected chi connectivity index (χ1v) is 11.1. The van der Waals surface area contributed by atoms with Crippen LogP contribution in [0.2, 0.25) is 0 Å². The molecule has 34 heavy (non-hydrogen) atoms. The average molecular weight is 526 g/mol. The highest BCUT2D eigenvalue weighted by atomic mass is 79.9. The number of benzene rings is 2. The number of imidazole rings is 1. The second-order valence-electron chi connectivity index (χ2n) is 7.06. The minimum atomic E-state index is -0.945. The number of ether oxygens (including phenoxy) is 2. The van der Waals surface area contributed by atoms with Crippen molar-refractivity contribution in [3.8, 4) is 5.75 Å². The van der Waals surface area contributed by atoms with Gasteiger partial charge in [-0.3, -0.25) is 4.79 Å². The van der Waals surface area contributed by atoms with Crippen molar-refractivity contribution in [2.75, 3.05) is 6.61 Å². The van der Waals surface area contributed by atoms with E-state index >= 15 is 0 Å². The van der Waals surface area contributed by atoms with Gasteiger partial charge in [0.25, 0.3) is 5.91 Å². The number of aromatic nitrogens is 2. The van der Waals surface area contributed by atoms with Crippen molar-refractivity contribution in [3.05, 3.63) is 95.0 Å². The Labute approximate surface area is 205 Å². The Balaban J connectivity index is 1.64. The maximum atomic E-state index is 12.8. The van der Waals surface area contributed by atoms with Gasteiger partial charge in [0.05, 0.1) is 12.5 Å². The summed E-state index contributed by atoms with van der Waals surface area (Å²) in [6.45, 7) is 4.05. The lowest BCUT2D eigenvalue weighted by atomic mass is 10.1. The summed E-state index contributed by atoms with van der Waals surface area (Å²) in [5.41, 5.74) is 4.61. The molecule has 0 unspecified atom stereocenters. The lowest BCUT2D eigenvalue weighted by Gasteiger charge is -2.16. The van der Waals surface area contributed by atoms with Gasteiger partial charge in [0.1, 0.15) is 25.0 Å². The number of hydrogen-bond donors (Lipinski definition) is 3. The van der Waals surface area contributed by atoms with Crippen LogP contribution in [0.25, 0.3) is 0 Å². The van der Waals surface area contributed by atoms with Crippen LogP contribution in [-0.2, 0) is 22.6 Å². The van der Waals surface area contributed by atoms with E-state index in [0.29, 0.717) is 23.6 Å². The second-order valence-corrected chi connectivity index (χ2v) is 7.97. The van der Waals surface area contributed by atoms with Gasteiger partial charge in [0.2, 0.25) is 0 Å².